The van der Waals surface area contributed by atoms with Crippen molar-refractivity contribution in [1.29, 1.82) is 0 Å². The molecule has 0 amide bonds. The predicted molar refractivity (Wildman–Crippen MR) is 121 cm³/mol. The van der Waals surface area contributed by atoms with Gasteiger partial charge in [-0.2, -0.15) is 0 Å². The van der Waals surface area contributed by atoms with E-state index in [2.05, 4.69) is 66.0 Å². The number of rotatable bonds is 4. The Morgan fingerprint density at radius 2 is 1.75 bits per heavy atom. The molecule has 0 radical (unpaired) electrons. The third kappa shape index (κ3) is 3.56. The van der Waals surface area contributed by atoms with E-state index in [1.165, 1.54) is 5.56 Å². The van der Waals surface area contributed by atoms with Crippen molar-refractivity contribution in [3.63, 3.8) is 0 Å². The number of thiophene rings is 1. The molecule has 4 rings (SSSR count). The Kier molecular flexibility index (Phi) is 5.21. The van der Waals surface area contributed by atoms with E-state index in [9.17, 15) is 4.79 Å². The second-order valence-electron chi connectivity index (χ2n) is 7.29. The molecule has 0 fully saturated rings. The lowest BCUT2D eigenvalue weighted by Crippen LogP contribution is -2.21. The maximum Gasteiger partial charge on any atom is 0.263 e. The fourth-order valence-corrected chi connectivity index (χ4v) is 4.69. The molecule has 0 aliphatic rings. The number of hydrogen-bond donors (Lipinski definition) is 0. The topological polar surface area (TPSA) is 34.9 Å². The van der Waals surface area contributed by atoms with Crippen LogP contribution in [0.5, 0.6) is 0 Å². The molecule has 5 heteroatoms. The van der Waals surface area contributed by atoms with Crippen molar-refractivity contribution in [2.45, 2.75) is 33.2 Å². The Hall–Kier alpha value is -2.24. The van der Waals surface area contributed by atoms with E-state index < -0.39 is 0 Å². The first-order valence-corrected chi connectivity index (χ1v) is 10.9. The van der Waals surface area contributed by atoms with Crippen LogP contribution < -0.4 is 5.56 Å². The largest absolute Gasteiger partial charge is 0.294 e. The summed E-state index contributed by atoms with van der Waals surface area (Å²) >= 11 is 5.05. The predicted octanol–water partition coefficient (Wildman–Crippen LogP) is 6.37. The van der Waals surface area contributed by atoms with Gasteiger partial charge in [0.2, 0.25) is 0 Å². The highest BCUT2D eigenvalue weighted by molar-refractivity contribution is 9.10. The number of aromatic nitrogens is 2. The first-order chi connectivity index (χ1) is 13.4. The van der Waals surface area contributed by atoms with Gasteiger partial charge in [-0.3, -0.25) is 9.36 Å². The number of benzene rings is 2. The summed E-state index contributed by atoms with van der Waals surface area (Å²) in [5.74, 6) is 0.497. The van der Waals surface area contributed by atoms with E-state index in [0.29, 0.717) is 17.8 Å². The second kappa shape index (κ2) is 7.64. The van der Waals surface area contributed by atoms with Gasteiger partial charge in [0.25, 0.3) is 5.56 Å². The molecular weight excluding hydrogens is 432 g/mol. The maximum atomic E-state index is 13.3. The molecule has 28 heavy (non-hydrogen) atoms. The van der Waals surface area contributed by atoms with Crippen LogP contribution in [0, 0.1) is 6.92 Å². The molecule has 2 heterocycles. The lowest BCUT2D eigenvalue weighted by molar-refractivity contribution is 0.748. The fourth-order valence-electron chi connectivity index (χ4n) is 3.42. The molecule has 0 saturated carbocycles. The SMILES string of the molecule is Cc1sc2ncn(Cc3ccc(C(C)C)cc3)c(=O)c2c1-c1ccc(Br)cc1. The van der Waals surface area contributed by atoms with Crippen molar-refractivity contribution in [1.82, 2.24) is 9.55 Å². The van der Waals surface area contributed by atoms with Crippen LogP contribution >= 0.6 is 27.3 Å². The van der Waals surface area contributed by atoms with Gasteiger partial charge in [0.05, 0.1) is 18.3 Å². The zero-order valence-electron chi connectivity index (χ0n) is 16.1. The minimum Gasteiger partial charge on any atom is -0.294 e. The molecular formula is C23H21BrN2OS. The van der Waals surface area contributed by atoms with Gasteiger partial charge >= 0.3 is 0 Å². The molecule has 0 spiro atoms. The molecule has 0 aliphatic heterocycles. The monoisotopic (exact) mass is 452 g/mol. The van der Waals surface area contributed by atoms with E-state index in [4.69, 9.17) is 0 Å². The van der Waals surface area contributed by atoms with Crippen LogP contribution in [0.15, 0.2) is 64.1 Å². The molecule has 0 bridgehead atoms. The van der Waals surface area contributed by atoms with E-state index in [0.717, 1.165) is 30.9 Å². The quantitative estimate of drug-likeness (QED) is 0.360. The van der Waals surface area contributed by atoms with Gasteiger partial charge in [0, 0.05) is 14.9 Å². The smallest absolute Gasteiger partial charge is 0.263 e. The highest BCUT2D eigenvalue weighted by Gasteiger charge is 2.17. The van der Waals surface area contributed by atoms with E-state index in [-0.39, 0.29) is 5.56 Å². The first kappa shape index (κ1) is 19.1. The molecule has 0 atom stereocenters. The van der Waals surface area contributed by atoms with Gasteiger partial charge in [-0.1, -0.05) is 66.2 Å². The first-order valence-electron chi connectivity index (χ1n) is 9.27. The zero-order valence-corrected chi connectivity index (χ0v) is 18.5. The van der Waals surface area contributed by atoms with Gasteiger partial charge in [-0.15, -0.1) is 11.3 Å². The lowest BCUT2D eigenvalue weighted by atomic mass is 10.0. The third-order valence-corrected chi connectivity index (χ3v) is 6.53. The number of halogens is 1. The van der Waals surface area contributed by atoms with Gasteiger partial charge in [0.1, 0.15) is 4.83 Å². The Balaban J connectivity index is 1.79. The van der Waals surface area contributed by atoms with Crippen LogP contribution in [-0.2, 0) is 6.54 Å². The van der Waals surface area contributed by atoms with Crippen LogP contribution in [-0.4, -0.2) is 9.55 Å². The van der Waals surface area contributed by atoms with Crippen molar-refractivity contribution >= 4 is 37.5 Å². The molecule has 142 valence electrons. The summed E-state index contributed by atoms with van der Waals surface area (Å²) in [5.41, 5.74) is 4.46. The maximum absolute atomic E-state index is 13.3. The molecule has 3 nitrogen and oxygen atoms in total. The number of fused-ring (bicyclic) bond motifs is 1. The van der Waals surface area contributed by atoms with E-state index >= 15 is 0 Å². The highest BCUT2D eigenvalue weighted by atomic mass is 79.9. The lowest BCUT2D eigenvalue weighted by Gasteiger charge is -2.09. The molecule has 0 saturated heterocycles. The van der Waals surface area contributed by atoms with Crippen molar-refractivity contribution in [2.24, 2.45) is 0 Å². The zero-order chi connectivity index (χ0) is 19.8. The Morgan fingerprint density at radius 1 is 1.07 bits per heavy atom. The molecule has 4 aromatic rings. The fraction of sp³-hybridized carbons (Fsp3) is 0.217. The van der Waals surface area contributed by atoms with Crippen molar-refractivity contribution < 1.29 is 0 Å². The average Bonchev–Trinajstić information content (AvgIpc) is 3.02. The third-order valence-electron chi connectivity index (χ3n) is 4.99. The second-order valence-corrected chi connectivity index (χ2v) is 9.41. The number of nitrogens with zero attached hydrogens (tertiary/aromatic N) is 2. The summed E-state index contributed by atoms with van der Waals surface area (Å²) in [6, 6.07) is 16.6. The standard InChI is InChI=1S/C23H21BrN2OS/c1-14(2)17-6-4-16(5-7-17)12-26-13-25-22-21(23(26)27)20(15(3)28-22)18-8-10-19(24)11-9-18/h4-11,13-14H,12H2,1-3H3. The summed E-state index contributed by atoms with van der Waals surface area (Å²) in [7, 11) is 0. The van der Waals surface area contributed by atoms with Crippen LogP contribution in [0.2, 0.25) is 0 Å². The number of hydrogen-bond acceptors (Lipinski definition) is 3. The minimum atomic E-state index is 0.0141. The normalized spacial score (nSPS) is 11.5. The highest BCUT2D eigenvalue weighted by Crippen LogP contribution is 2.35. The summed E-state index contributed by atoms with van der Waals surface area (Å²) in [6.07, 6.45) is 1.67. The van der Waals surface area contributed by atoms with Crippen molar-refractivity contribution in [3.8, 4) is 11.1 Å². The Morgan fingerprint density at radius 3 is 2.39 bits per heavy atom. The molecule has 0 N–H and O–H groups in total. The molecule has 2 aromatic heterocycles. The summed E-state index contributed by atoms with van der Waals surface area (Å²) in [5, 5.41) is 0.714. The van der Waals surface area contributed by atoms with Gasteiger partial charge < -0.3 is 0 Å². The molecule has 0 unspecified atom stereocenters. The van der Waals surface area contributed by atoms with Crippen LogP contribution in [0.1, 0.15) is 35.8 Å². The number of aryl methyl sites for hydroxylation is 1. The molecule has 0 aliphatic carbocycles. The van der Waals surface area contributed by atoms with Crippen molar-refractivity contribution in [2.75, 3.05) is 0 Å². The molecule has 2 aromatic carbocycles. The van der Waals surface area contributed by atoms with Crippen LogP contribution in [0.3, 0.4) is 0 Å². The van der Waals surface area contributed by atoms with E-state index in [1.54, 1.807) is 22.2 Å². The minimum absolute atomic E-state index is 0.0141. The Bertz CT molecular complexity index is 1190. The Labute approximate surface area is 176 Å². The summed E-state index contributed by atoms with van der Waals surface area (Å²) in [6.45, 7) is 6.94. The van der Waals surface area contributed by atoms with Gasteiger partial charge in [-0.25, -0.2) is 4.98 Å². The average molecular weight is 453 g/mol. The van der Waals surface area contributed by atoms with Gasteiger partial charge in [0.15, 0.2) is 0 Å². The van der Waals surface area contributed by atoms with Gasteiger partial charge in [-0.05, 0) is 41.7 Å². The summed E-state index contributed by atoms with van der Waals surface area (Å²) < 4.78 is 2.73. The summed E-state index contributed by atoms with van der Waals surface area (Å²) in [4.78, 5) is 19.8. The van der Waals surface area contributed by atoms with E-state index in [1.807, 2.05) is 24.3 Å². The van der Waals surface area contributed by atoms with Crippen LogP contribution in [0.4, 0.5) is 0 Å². The van der Waals surface area contributed by atoms with Crippen molar-refractivity contribution in [3.05, 3.63) is 85.7 Å². The van der Waals surface area contributed by atoms with Crippen LogP contribution in [0.25, 0.3) is 21.3 Å².